The Hall–Kier alpha value is -1.66. The molecule has 1 heterocycles. The minimum Gasteiger partial charge on any atom is -0.508 e. The van der Waals surface area contributed by atoms with Gasteiger partial charge in [-0.2, -0.15) is 0 Å². The first-order valence-electron chi connectivity index (χ1n) is 6.44. The summed E-state index contributed by atoms with van der Waals surface area (Å²) in [5, 5.41) is 23.7. The van der Waals surface area contributed by atoms with Gasteiger partial charge >= 0.3 is 0 Å². The quantitative estimate of drug-likeness (QED) is 0.637. The third-order valence-electron chi connectivity index (χ3n) is 3.56. The lowest BCUT2D eigenvalue weighted by atomic mass is 10.0. The van der Waals surface area contributed by atoms with Crippen LogP contribution < -0.4 is 5.32 Å². The molecule has 1 aliphatic rings. The van der Waals surface area contributed by atoms with Crippen molar-refractivity contribution < 1.29 is 10.0 Å². The van der Waals surface area contributed by atoms with Gasteiger partial charge in [-0.3, -0.25) is 10.1 Å². The molecule has 6 nitrogen and oxygen atoms in total. The maximum Gasteiger partial charge on any atom is 0.274 e. The Morgan fingerprint density at radius 3 is 2.79 bits per heavy atom. The van der Waals surface area contributed by atoms with Gasteiger partial charge in [0, 0.05) is 24.2 Å². The maximum absolute atomic E-state index is 10.9. The number of phenols is 1. The number of hydrogen-bond donors (Lipinski definition) is 2. The average molecular weight is 265 g/mol. The summed E-state index contributed by atoms with van der Waals surface area (Å²) < 4.78 is 0. The molecule has 104 valence electrons. The smallest absolute Gasteiger partial charge is 0.274 e. The first-order valence-corrected chi connectivity index (χ1v) is 6.44. The SMILES string of the molecule is CN1CCC(NCc2cc(O)ccc2[N+](=O)[O-])CC1. The van der Waals surface area contributed by atoms with E-state index in [1.54, 1.807) is 0 Å². The van der Waals surface area contributed by atoms with Crippen LogP contribution in [0.1, 0.15) is 18.4 Å². The molecular formula is C13H19N3O3. The van der Waals surface area contributed by atoms with E-state index in [2.05, 4.69) is 17.3 Å². The second-order valence-corrected chi connectivity index (χ2v) is 5.03. The third kappa shape index (κ3) is 3.65. The molecule has 0 spiro atoms. The van der Waals surface area contributed by atoms with Gasteiger partial charge in [0.2, 0.25) is 0 Å². The van der Waals surface area contributed by atoms with E-state index in [-0.39, 0.29) is 11.4 Å². The zero-order valence-corrected chi connectivity index (χ0v) is 11.0. The van der Waals surface area contributed by atoms with Crippen molar-refractivity contribution in [2.75, 3.05) is 20.1 Å². The van der Waals surface area contributed by atoms with E-state index in [9.17, 15) is 15.2 Å². The van der Waals surface area contributed by atoms with Crippen LogP contribution in [0.4, 0.5) is 5.69 Å². The van der Waals surface area contributed by atoms with Crippen molar-refractivity contribution in [1.82, 2.24) is 10.2 Å². The monoisotopic (exact) mass is 265 g/mol. The van der Waals surface area contributed by atoms with Crippen LogP contribution in [0.15, 0.2) is 18.2 Å². The maximum atomic E-state index is 10.9. The van der Waals surface area contributed by atoms with Crippen LogP contribution in [0.2, 0.25) is 0 Å². The summed E-state index contributed by atoms with van der Waals surface area (Å²) in [5.74, 6) is 0.0609. The number of aromatic hydroxyl groups is 1. The first kappa shape index (κ1) is 13.8. The van der Waals surface area contributed by atoms with Gasteiger partial charge in [-0.15, -0.1) is 0 Å². The minimum absolute atomic E-state index is 0.0539. The van der Waals surface area contributed by atoms with Crippen LogP contribution in [0, 0.1) is 10.1 Å². The van der Waals surface area contributed by atoms with Crippen molar-refractivity contribution in [3.63, 3.8) is 0 Å². The molecule has 0 atom stereocenters. The number of nitro groups is 1. The molecule has 0 aromatic heterocycles. The highest BCUT2D eigenvalue weighted by Crippen LogP contribution is 2.23. The zero-order chi connectivity index (χ0) is 13.8. The van der Waals surface area contributed by atoms with Crippen molar-refractivity contribution >= 4 is 5.69 Å². The van der Waals surface area contributed by atoms with Crippen molar-refractivity contribution in [3.05, 3.63) is 33.9 Å². The largest absolute Gasteiger partial charge is 0.508 e. The van der Waals surface area contributed by atoms with Crippen molar-refractivity contribution in [1.29, 1.82) is 0 Å². The molecule has 2 rings (SSSR count). The number of nitrogens with zero attached hydrogens (tertiary/aromatic N) is 2. The molecular weight excluding hydrogens is 246 g/mol. The summed E-state index contributed by atoms with van der Waals surface area (Å²) >= 11 is 0. The van der Waals surface area contributed by atoms with Gasteiger partial charge in [-0.05, 0) is 45.1 Å². The highest BCUT2D eigenvalue weighted by molar-refractivity contribution is 5.44. The van der Waals surface area contributed by atoms with Crippen LogP contribution in [-0.4, -0.2) is 41.1 Å². The summed E-state index contributed by atoms with van der Waals surface area (Å²) in [6.07, 6.45) is 2.09. The fourth-order valence-electron chi connectivity index (χ4n) is 2.36. The highest BCUT2D eigenvalue weighted by atomic mass is 16.6. The van der Waals surface area contributed by atoms with Gasteiger partial charge in [0.15, 0.2) is 0 Å². The normalized spacial score (nSPS) is 17.5. The second-order valence-electron chi connectivity index (χ2n) is 5.03. The standard InChI is InChI=1S/C13H19N3O3/c1-15-6-4-11(5-7-15)14-9-10-8-12(17)2-3-13(10)16(18)19/h2-3,8,11,14,17H,4-7,9H2,1H3. The van der Waals surface area contributed by atoms with E-state index >= 15 is 0 Å². The number of nitro benzene ring substituents is 1. The Morgan fingerprint density at radius 2 is 2.16 bits per heavy atom. The summed E-state index contributed by atoms with van der Waals surface area (Å²) in [6.45, 7) is 2.50. The number of benzene rings is 1. The predicted molar refractivity (Wildman–Crippen MR) is 72.1 cm³/mol. The fraction of sp³-hybridized carbons (Fsp3) is 0.538. The summed E-state index contributed by atoms with van der Waals surface area (Å²) in [7, 11) is 2.09. The number of likely N-dealkylation sites (tertiary alicyclic amines) is 1. The number of rotatable bonds is 4. The van der Waals surface area contributed by atoms with Crippen LogP contribution >= 0.6 is 0 Å². The predicted octanol–water partition coefficient (Wildman–Crippen LogP) is 1.48. The van der Waals surface area contributed by atoms with Gasteiger partial charge in [0.05, 0.1) is 4.92 Å². The Bertz CT molecular complexity index is 456. The van der Waals surface area contributed by atoms with E-state index in [1.165, 1.54) is 18.2 Å². The zero-order valence-electron chi connectivity index (χ0n) is 11.0. The lowest BCUT2D eigenvalue weighted by Crippen LogP contribution is -2.40. The second kappa shape index (κ2) is 5.99. The first-order chi connectivity index (χ1) is 9.06. The summed E-state index contributed by atoms with van der Waals surface area (Å²) in [6, 6.07) is 4.54. The molecule has 0 aliphatic carbocycles. The highest BCUT2D eigenvalue weighted by Gasteiger charge is 2.18. The van der Waals surface area contributed by atoms with E-state index in [0.29, 0.717) is 18.2 Å². The van der Waals surface area contributed by atoms with E-state index in [0.717, 1.165) is 25.9 Å². The number of nitrogens with one attached hydrogen (secondary N) is 1. The molecule has 0 radical (unpaired) electrons. The lowest BCUT2D eigenvalue weighted by molar-refractivity contribution is -0.385. The average Bonchev–Trinajstić information content (AvgIpc) is 2.38. The Morgan fingerprint density at radius 1 is 1.47 bits per heavy atom. The third-order valence-corrected chi connectivity index (χ3v) is 3.56. The van der Waals surface area contributed by atoms with Crippen LogP contribution in [-0.2, 0) is 6.54 Å². The minimum atomic E-state index is -0.412. The van der Waals surface area contributed by atoms with Gasteiger partial charge in [0.1, 0.15) is 5.75 Å². The molecule has 0 unspecified atom stereocenters. The van der Waals surface area contributed by atoms with Gasteiger partial charge in [-0.25, -0.2) is 0 Å². The van der Waals surface area contributed by atoms with Gasteiger partial charge in [-0.1, -0.05) is 0 Å². The molecule has 1 aliphatic heterocycles. The molecule has 1 saturated heterocycles. The van der Waals surface area contributed by atoms with Crippen LogP contribution in [0.5, 0.6) is 5.75 Å². The van der Waals surface area contributed by atoms with Crippen molar-refractivity contribution in [2.45, 2.75) is 25.4 Å². The lowest BCUT2D eigenvalue weighted by Gasteiger charge is -2.29. The topological polar surface area (TPSA) is 78.6 Å². The Labute approximate surface area is 112 Å². The van der Waals surface area contributed by atoms with E-state index < -0.39 is 4.92 Å². The van der Waals surface area contributed by atoms with Crippen molar-refractivity contribution in [2.24, 2.45) is 0 Å². The van der Waals surface area contributed by atoms with Gasteiger partial charge in [0.25, 0.3) is 5.69 Å². The van der Waals surface area contributed by atoms with Crippen LogP contribution in [0.25, 0.3) is 0 Å². The molecule has 6 heteroatoms. The summed E-state index contributed by atoms with van der Waals surface area (Å²) in [4.78, 5) is 12.8. The number of hydrogen-bond acceptors (Lipinski definition) is 5. The molecule has 2 N–H and O–H groups in total. The molecule has 1 aromatic rings. The number of phenolic OH excluding ortho intramolecular Hbond substituents is 1. The molecule has 0 saturated carbocycles. The van der Waals surface area contributed by atoms with E-state index in [1.807, 2.05) is 0 Å². The fourth-order valence-corrected chi connectivity index (χ4v) is 2.36. The Balaban J connectivity index is 1.98. The molecule has 1 aromatic carbocycles. The van der Waals surface area contributed by atoms with E-state index in [4.69, 9.17) is 0 Å². The van der Waals surface area contributed by atoms with Crippen LogP contribution in [0.3, 0.4) is 0 Å². The van der Waals surface area contributed by atoms with Crippen molar-refractivity contribution in [3.8, 4) is 5.75 Å². The molecule has 0 amide bonds. The number of piperidine rings is 1. The molecule has 19 heavy (non-hydrogen) atoms. The molecule has 1 fully saturated rings. The summed E-state index contributed by atoms with van der Waals surface area (Å²) in [5.41, 5.74) is 0.585. The van der Waals surface area contributed by atoms with Gasteiger partial charge < -0.3 is 15.3 Å². The Kier molecular flexibility index (Phi) is 4.34. The molecule has 0 bridgehead atoms.